The third kappa shape index (κ3) is 3.87. The van der Waals surface area contributed by atoms with Crippen molar-refractivity contribution in [3.8, 4) is 0 Å². The molecule has 2 amide bonds. The van der Waals surface area contributed by atoms with Gasteiger partial charge in [-0.1, -0.05) is 32.9 Å². The van der Waals surface area contributed by atoms with Crippen LogP contribution < -0.4 is 5.32 Å². The van der Waals surface area contributed by atoms with E-state index in [0.29, 0.717) is 12.2 Å². The maximum Gasteiger partial charge on any atom is 0.313 e. The van der Waals surface area contributed by atoms with Gasteiger partial charge in [-0.2, -0.15) is 0 Å². The van der Waals surface area contributed by atoms with Gasteiger partial charge in [-0.25, -0.2) is 0 Å². The molecule has 4 nitrogen and oxygen atoms in total. The lowest BCUT2D eigenvalue weighted by molar-refractivity contribution is -0.145. The highest BCUT2D eigenvalue weighted by molar-refractivity contribution is 6.39. The molecule has 1 aromatic carbocycles. The first-order valence-corrected chi connectivity index (χ1v) is 8.01. The molecule has 1 atom stereocenters. The fourth-order valence-electron chi connectivity index (χ4n) is 2.77. The second kappa shape index (κ2) is 6.51. The number of carbonyl (C=O) groups is 2. The van der Waals surface area contributed by atoms with Crippen LogP contribution in [0, 0.1) is 0 Å². The van der Waals surface area contributed by atoms with Crippen LogP contribution in [0.3, 0.4) is 0 Å². The van der Waals surface area contributed by atoms with Crippen LogP contribution in [0.1, 0.15) is 52.5 Å². The summed E-state index contributed by atoms with van der Waals surface area (Å²) >= 11 is 0. The highest BCUT2D eigenvalue weighted by atomic mass is 16.2. The van der Waals surface area contributed by atoms with Gasteiger partial charge in [0.15, 0.2) is 0 Å². The number of nitrogens with one attached hydrogen (secondary N) is 1. The van der Waals surface area contributed by atoms with Gasteiger partial charge in [-0.15, -0.1) is 0 Å². The molecule has 0 aromatic heterocycles. The molecule has 1 heterocycles. The summed E-state index contributed by atoms with van der Waals surface area (Å²) in [6.07, 6.45) is 3.07. The molecule has 0 radical (unpaired) electrons. The largest absolute Gasteiger partial charge is 0.332 e. The maximum absolute atomic E-state index is 12.3. The molecule has 0 bridgehead atoms. The third-order valence-electron chi connectivity index (χ3n) is 4.27. The molecule has 2 rings (SSSR count). The Bertz CT molecular complexity index is 543. The first kappa shape index (κ1) is 16.5. The smallest absolute Gasteiger partial charge is 0.313 e. The van der Waals surface area contributed by atoms with E-state index in [9.17, 15) is 9.59 Å². The van der Waals surface area contributed by atoms with Crippen molar-refractivity contribution in [2.45, 2.75) is 58.4 Å². The zero-order valence-electron chi connectivity index (χ0n) is 14.0. The number of nitrogens with zero attached hydrogens (tertiary/aromatic N) is 1. The molecule has 1 unspecified atom stereocenters. The van der Waals surface area contributed by atoms with Crippen LogP contribution in [-0.4, -0.2) is 29.3 Å². The van der Waals surface area contributed by atoms with E-state index in [2.05, 4.69) is 26.1 Å². The van der Waals surface area contributed by atoms with E-state index >= 15 is 0 Å². The van der Waals surface area contributed by atoms with Crippen molar-refractivity contribution in [2.24, 2.45) is 0 Å². The number of carbonyl (C=O) groups excluding carboxylic acids is 2. The van der Waals surface area contributed by atoms with Gasteiger partial charge in [0.05, 0.1) is 0 Å². The minimum absolute atomic E-state index is 0.0710. The molecule has 1 N–H and O–H groups in total. The molecule has 22 heavy (non-hydrogen) atoms. The molecular formula is C18H26N2O2. The Kier molecular flexibility index (Phi) is 4.89. The highest BCUT2D eigenvalue weighted by Gasteiger charge is 2.28. The van der Waals surface area contributed by atoms with Gasteiger partial charge >= 0.3 is 11.8 Å². The van der Waals surface area contributed by atoms with Crippen molar-refractivity contribution < 1.29 is 9.59 Å². The lowest BCUT2D eigenvalue weighted by atomic mass is 9.87. The minimum atomic E-state index is -0.544. The Morgan fingerprint density at radius 2 is 1.77 bits per heavy atom. The van der Waals surface area contributed by atoms with E-state index in [0.717, 1.165) is 19.3 Å². The topological polar surface area (TPSA) is 49.4 Å². The molecular weight excluding hydrogens is 276 g/mol. The van der Waals surface area contributed by atoms with Gasteiger partial charge in [-0.05, 0) is 49.3 Å². The standard InChI is InChI=1S/C18H26N2O2/c1-13-7-5-6-12-20(13)17(22)16(21)19-15-10-8-14(9-11-15)18(2,3)4/h8-11,13H,5-7,12H2,1-4H3,(H,19,21). The molecule has 120 valence electrons. The lowest BCUT2D eigenvalue weighted by Crippen LogP contribution is -2.47. The van der Waals surface area contributed by atoms with Crippen molar-refractivity contribution in [3.63, 3.8) is 0 Å². The van der Waals surface area contributed by atoms with Crippen molar-refractivity contribution in [1.29, 1.82) is 0 Å². The van der Waals surface area contributed by atoms with Gasteiger partial charge in [0.2, 0.25) is 0 Å². The normalized spacial score (nSPS) is 18.9. The number of piperidine rings is 1. The lowest BCUT2D eigenvalue weighted by Gasteiger charge is -2.32. The minimum Gasteiger partial charge on any atom is -0.332 e. The summed E-state index contributed by atoms with van der Waals surface area (Å²) in [5.41, 5.74) is 1.93. The number of hydrogen-bond donors (Lipinski definition) is 1. The average Bonchev–Trinajstić information content (AvgIpc) is 2.46. The van der Waals surface area contributed by atoms with E-state index in [1.165, 1.54) is 5.56 Å². The number of benzene rings is 1. The van der Waals surface area contributed by atoms with E-state index in [1.54, 1.807) is 4.90 Å². The predicted octanol–water partition coefficient (Wildman–Crippen LogP) is 3.32. The van der Waals surface area contributed by atoms with Gasteiger partial charge in [0.25, 0.3) is 0 Å². The average molecular weight is 302 g/mol. The third-order valence-corrected chi connectivity index (χ3v) is 4.27. The number of hydrogen-bond acceptors (Lipinski definition) is 2. The van der Waals surface area contributed by atoms with Gasteiger partial charge < -0.3 is 10.2 Å². The second-order valence-electron chi connectivity index (χ2n) is 7.12. The predicted molar refractivity (Wildman–Crippen MR) is 88.8 cm³/mol. The van der Waals surface area contributed by atoms with Crippen LogP contribution in [0.25, 0.3) is 0 Å². The first-order chi connectivity index (χ1) is 10.3. The zero-order valence-corrected chi connectivity index (χ0v) is 14.0. The van der Waals surface area contributed by atoms with E-state index in [-0.39, 0.29) is 11.5 Å². The van der Waals surface area contributed by atoms with Crippen molar-refractivity contribution in [1.82, 2.24) is 4.90 Å². The SMILES string of the molecule is CC1CCCCN1C(=O)C(=O)Nc1ccc(C(C)(C)C)cc1. The maximum atomic E-state index is 12.3. The molecule has 0 aliphatic carbocycles. The summed E-state index contributed by atoms with van der Waals surface area (Å²) in [6, 6.07) is 7.83. The number of anilines is 1. The van der Waals surface area contributed by atoms with E-state index in [4.69, 9.17) is 0 Å². The first-order valence-electron chi connectivity index (χ1n) is 8.01. The highest BCUT2D eigenvalue weighted by Crippen LogP contribution is 2.23. The molecule has 1 aliphatic rings. The van der Waals surface area contributed by atoms with Crippen LogP contribution in [0.2, 0.25) is 0 Å². The summed E-state index contributed by atoms with van der Waals surface area (Å²) in [6.45, 7) is 9.10. The summed E-state index contributed by atoms with van der Waals surface area (Å²) < 4.78 is 0. The van der Waals surface area contributed by atoms with E-state index in [1.807, 2.05) is 31.2 Å². The summed E-state index contributed by atoms with van der Waals surface area (Å²) in [5.74, 6) is -0.968. The molecule has 1 fully saturated rings. The van der Waals surface area contributed by atoms with E-state index < -0.39 is 11.8 Å². The number of likely N-dealkylation sites (tertiary alicyclic amines) is 1. The van der Waals surface area contributed by atoms with Crippen LogP contribution in [0.4, 0.5) is 5.69 Å². The summed E-state index contributed by atoms with van der Waals surface area (Å²) in [7, 11) is 0. The monoisotopic (exact) mass is 302 g/mol. The van der Waals surface area contributed by atoms with Gasteiger partial charge in [0, 0.05) is 18.3 Å². The quantitative estimate of drug-likeness (QED) is 0.809. The molecule has 4 heteroatoms. The molecule has 1 aliphatic heterocycles. The molecule has 0 saturated carbocycles. The number of rotatable bonds is 1. The Balaban J connectivity index is 2.00. The fraction of sp³-hybridized carbons (Fsp3) is 0.556. The van der Waals surface area contributed by atoms with Crippen LogP contribution in [0.15, 0.2) is 24.3 Å². The zero-order chi connectivity index (χ0) is 16.3. The van der Waals surface area contributed by atoms with Gasteiger partial charge in [0.1, 0.15) is 0 Å². The summed E-state index contributed by atoms with van der Waals surface area (Å²) in [5, 5.41) is 2.71. The van der Waals surface area contributed by atoms with Crippen LogP contribution >= 0.6 is 0 Å². The van der Waals surface area contributed by atoms with Crippen molar-refractivity contribution >= 4 is 17.5 Å². The summed E-state index contributed by atoms with van der Waals surface area (Å²) in [4.78, 5) is 26.1. The van der Waals surface area contributed by atoms with Crippen LogP contribution in [0.5, 0.6) is 0 Å². The Labute approximate surface area is 132 Å². The molecule has 1 saturated heterocycles. The van der Waals surface area contributed by atoms with Crippen molar-refractivity contribution in [2.75, 3.05) is 11.9 Å². The molecule has 1 aromatic rings. The Morgan fingerprint density at radius 1 is 1.14 bits per heavy atom. The van der Waals surface area contributed by atoms with Crippen LogP contribution in [-0.2, 0) is 15.0 Å². The van der Waals surface area contributed by atoms with Gasteiger partial charge in [-0.3, -0.25) is 9.59 Å². The number of amides is 2. The van der Waals surface area contributed by atoms with Crippen molar-refractivity contribution in [3.05, 3.63) is 29.8 Å². The molecule has 0 spiro atoms. The Morgan fingerprint density at radius 3 is 2.32 bits per heavy atom. The Hall–Kier alpha value is -1.84. The fourth-order valence-corrected chi connectivity index (χ4v) is 2.77. The second-order valence-corrected chi connectivity index (χ2v) is 7.12.